The standard InChI is InChI=1S/C23H34FN5O/c1-5-26-22(28-15-18-7-6-12-30-21(18)23(2,3)4)27-14-17-8-9-20(19(24)13-17)29-11-10-25-16-29/h8-11,13,16,18,21H,5-7,12,14-15H2,1-4H3,(H2,26,27,28). The highest BCUT2D eigenvalue weighted by Gasteiger charge is 2.35. The highest BCUT2D eigenvalue weighted by Crippen LogP contribution is 2.33. The van der Waals surface area contributed by atoms with Crippen LogP contribution >= 0.6 is 0 Å². The molecule has 0 spiro atoms. The summed E-state index contributed by atoms with van der Waals surface area (Å²) < 4.78 is 22.2. The Morgan fingerprint density at radius 2 is 2.17 bits per heavy atom. The lowest BCUT2D eigenvalue weighted by Gasteiger charge is -2.40. The molecule has 2 atom stereocenters. The molecule has 0 saturated carbocycles. The quantitative estimate of drug-likeness (QED) is 0.555. The van der Waals surface area contributed by atoms with Crippen LogP contribution in [0.15, 0.2) is 41.9 Å². The topological polar surface area (TPSA) is 63.5 Å². The molecule has 1 aliphatic heterocycles. The summed E-state index contributed by atoms with van der Waals surface area (Å²) in [7, 11) is 0. The molecule has 164 valence electrons. The Morgan fingerprint density at radius 1 is 1.33 bits per heavy atom. The Bertz CT molecular complexity index is 829. The third-order valence-electron chi connectivity index (χ3n) is 5.39. The Balaban J connectivity index is 1.63. The SMILES string of the molecule is CCNC(=NCc1ccc(-n2ccnc2)c(F)c1)NCC1CCCOC1C(C)(C)C. The van der Waals surface area contributed by atoms with Gasteiger partial charge in [-0.25, -0.2) is 14.4 Å². The van der Waals surface area contributed by atoms with Crippen molar-refractivity contribution in [1.82, 2.24) is 20.2 Å². The van der Waals surface area contributed by atoms with E-state index in [0.29, 0.717) is 18.2 Å². The first-order valence-corrected chi connectivity index (χ1v) is 10.8. The normalized spacial score (nSPS) is 20.2. The second kappa shape index (κ2) is 10.1. The number of aromatic nitrogens is 2. The zero-order valence-electron chi connectivity index (χ0n) is 18.5. The van der Waals surface area contributed by atoms with E-state index in [-0.39, 0.29) is 17.3 Å². The Morgan fingerprint density at radius 3 is 2.83 bits per heavy atom. The van der Waals surface area contributed by atoms with Crippen LogP contribution in [0, 0.1) is 17.2 Å². The zero-order chi connectivity index (χ0) is 21.6. The van der Waals surface area contributed by atoms with E-state index in [9.17, 15) is 4.39 Å². The van der Waals surface area contributed by atoms with Crippen molar-refractivity contribution >= 4 is 5.96 Å². The van der Waals surface area contributed by atoms with Crippen molar-refractivity contribution in [3.8, 4) is 5.69 Å². The minimum Gasteiger partial charge on any atom is -0.377 e. The molecule has 6 nitrogen and oxygen atoms in total. The van der Waals surface area contributed by atoms with Crippen LogP contribution in [0.2, 0.25) is 0 Å². The number of aliphatic imine (C=N–C) groups is 1. The number of hydrogen-bond acceptors (Lipinski definition) is 3. The molecule has 0 aliphatic carbocycles. The van der Waals surface area contributed by atoms with Crippen LogP contribution in [0.1, 0.15) is 46.1 Å². The van der Waals surface area contributed by atoms with E-state index in [0.717, 1.165) is 44.1 Å². The molecule has 1 saturated heterocycles. The van der Waals surface area contributed by atoms with Gasteiger partial charge in [-0.05, 0) is 42.9 Å². The van der Waals surface area contributed by atoms with Crippen molar-refractivity contribution < 1.29 is 9.13 Å². The smallest absolute Gasteiger partial charge is 0.191 e. The number of rotatable bonds is 6. The second-order valence-corrected chi connectivity index (χ2v) is 8.89. The van der Waals surface area contributed by atoms with Crippen LogP contribution in [0.5, 0.6) is 0 Å². The molecule has 2 aromatic rings. The number of guanidine groups is 1. The van der Waals surface area contributed by atoms with Crippen LogP contribution in [-0.2, 0) is 11.3 Å². The van der Waals surface area contributed by atoms with Crippen LogP contribution in [0.4, 0.5) is 4.39 Å². The number of nitrogens with zero attached hydrogens (tertiary/aromatic N) is 3. The first-order valence-electron chi connectivity index (χ1n) is 10.8. The molecule has 2 heterocycles. The van der Waals surface area contributed by atoms with Gasteiger partial charge in [-0.2, -0.15) is 0 Å². The maximum Gasteiger partial charge on any atom is 0.191 e. The lowest BCUT2D eigenvalue weighted by atomic mass is 9.78. The average Bonchev–Trinajstić information content (AvgIpc) is 3.24. The van der Waals surface area contributed by atoms with Gasteiger partial charge in [0.2, 0.25) is 0 Å². The number of nitrogens with one attached hydrogen (secondary N) is 2. The van der Waals surface area contributed by atoms with E-state index < -0.39 is 0 Å². The minimum absolute atomic E-state index is 0.108. The number of ether oxygens (including phenoxy) is 1. The van der Waals surface area contributed by atoms with Crippen LogP contribution in [0.3, 0.4) is 0 Å². The van der Waals surface area contributed by atoms with E-state index in [2.05, 4.69) is 41.4 Å². The molecule has 1 aromatic carbocycles. The van der Waals surface area contributed by atoms with E-state index in [1.807, 2.05) is 13.0 Å². The number of imidazole rings is 1. The summed E-state index contributed by atoms with van der Waals surface area (Å²) >= 11 is 0. The van der Waals surface area contributed by atoms with Crippen LogP contribution in [-0.4, -0.2) is 41.3 Å². The Hall–Kier alpha value is -2.41. The first kappa shape index (κ1) is 22.3. The number of benzene rings is 1. The van der Waals surface area contributed by atoms with Gasteiger partial charge in [0.25, 0.3) is 0 Å². The molecule has 1 aromatic heterocycles. The Kier molecular flexibility index (Phi) is 7.48. The van der Waals surface area contributed by atoms with Crippen molar-refractivity contribution in [3.05, 3.63) is 48.3 Å². The van der Waals surface area contributed by atoms with E-state index in [1.54, 1.807) is 29.4 Å². The summed E-state index contributed by atoms with van der Waals surface area (Å²) in [6.07, 6.45) is 7.41. The minimum atomic E-state index is -0.286. The fraction of sp³-hybridized carbons (Fsp3) is 0.565. The summed E-state index contributed by atoms with van der Waals surface area (Å²) in [5.41, 5.74) is 1.41. The predicted molar refractivity (Wildman–Crippen MR) is 118 cm³/mol. The van der Waals surface area contributed by atoms with Crippen molar-refractivity contribution in [1.29, 1.82) is 0 Å². The number of halogens is 1. The molecule has 30 heavy (non-hydrogen) atoms. The lowest BCUT2D eigenvalue weighted by Crippen LogP contribution is -2.47. The zero-order valence-corrected chi connectivity index (χ0v) is 18.5. The van der Waals surface area contributed by atoms with Gasteiger partial charge in [0, 0.05) is 38.0 Å². The molecular weight excluding hydrogens is 381 g/mol. The molecule has 1 aliphatic rings. The fourth-order valence-corrected chi connectivity index (χ4v) is 4.01. The maximum absolute atomic E-state index is 14.5. The second-order valence-electron chi connectivity index (χ2n) is 8.89. The molecule has 0 amide bonds. The summed E-state index contributed by atoms with van der Waals surface area (Å²) in [5, 5.41) is 6.75. The van der Waals surface area contributed by atoms with E-state index in [4.69, 9.17) is 4.74 Å². The first-order chi connectivity index (χ1) is 14.4. The molecule has 7 heteroatoms. The monoisotopic (exact) mass is 415 g/mol. The molecule has 2 unspecified atom stereocenters. The number of hydrogen-bond donors (Lipinski definition) is 2. The van der Waals surface area contributed by atoms with Gasteiger partial charge in [-0.3, -0.25) is 0 Å². The summed E-state index contributed by atoms with van der Waals surface area (Å²) in [6, 6.07) is 5.19. The molecule has 0 bridgehead atoms. The molecule has 0 radical (unpaired) electrons. The predicted octanol–water partition coefficient (Wildman–Crippen LogP) is 3.91. The van der Waals surface area contributed by atoms with Gasteiger partial charge in [0.15, 0.2) is 5.96 Å². The molecule has 1 fully saturated rings. The van der Waals surface area contributed by atoms with Gasteiger partial charge in [0.05, 0.1) is 24.7 Å². The van der Waals surface area contributed by atoms with E-state index in [1.165, 1.54) is 6.07 Å². The average molecular weight is 416 g/mol. The largest absolute Gasteiger partial charge is 0.377 e. The van der Waals surface area contributed by atoms with Crippen molar-refractivity contribution in [2.45, 2.75) is 53.2 Å². The summed E-state index contributed by atoms with van der Waals surface area (Å²) in [6.45, 7) is 11.6. The van der Waals surface area contributed by atoms with Gasteiger partial charge >= 0.3 is 0 Å². The van der Waals surface area contributed by atoms with Crippen molar-refractivity contribution in [2.75, 3.05) is 19.7 Å². The van der Waals surface area contributed by atoms with Gasteiger partial charge < -0.3 is 19.9 Å². The maximum atomic E-state index is 14.5. The fourth-order valence-electron chi connectivity index (χ4n) is 4.01. The van der Waals surface area contributed by atoms with Crippen LogP contribution in [0.25, 0.3) is 5.69 Å². The highest BCUT2D eigenvalue weighted by molar-refractivity contribution is 5.79. The van der Waals surface area contributed by atoms with Crippen molar-refractivity contribution in [2.24, 2.45) is 16.3 Å². The highest BCUT2D eigenvalue weighted by atomic mass is 19.1. The molecule has 3 rings (SSSR count). The third kappa shape index (κ3) is 5.81. The molecular formula is C23H34FN5O. The van der Waals surface area contributed by atoms with Crippen LogP contribution < -0.4 is 10.6 Å². The van der Waals surface area contributed by atoms with E-state index >= 15 is 0 Å². The molecule has 2 N–H and O–H groups in total. The third-order valence-corrected chi connectivity index (χ3v) is 5.39. The van der Waals surface area contributed by atoms with Gasteiger partial charge in [-0.1, -0.05) is 26.8 Å². The lowest BCUT2D eigenvalue weighted by molar-refractivity contribution is -0.0835. The Labute approximate surface area is 179 Å². The van der Waals surface area contributed by atoms with Crippen molar-refractivity contribution in [3.63, 3.8) is 0 Å². The summed E-state index contributed by atoms with van der Waals surface area (Å²) in [4.78, 5) is 8.63. The van der Waals surface area contributed by atoms with Gasteiger partial charge in [-0.15, -0.1) is 0 Å². The summed E-state index contributed by atoms with van der Waals surface area (Å²) in [5.74, 6) is 0.898. The van der Waals surface area contributed by atoms with Gasteiger partial charge in [0.1, 0.15) is 5.82 Å².